The van der Waals surface area contributed by atoms with Gasteiger partial charge in [0.05, 0.1) is 26.2 Å². The Kier molecular flexibility index (Phi) is 8.19. The van der Waals surface area contributed by atoms with Gasteiger partial charge in [0.2, 0.25) is 10.0 Å². The second kappa shape index (κ2) is 10.6. The zero-order valence-electron chi connectivity index (χ0n) is 19.8. The van der Waals surface area contributed by atoms with Crippen molar-refractivity contribution in [2.45, 2.75) is 74.6 Å². The van der Waals surface area contributed by atoms with Gasteiger partial charge in [-0.25, -0.2) is 13.4 Å². The first-order valence-electron chi connectivity index (χ1n) is 11.8. The Hall–Kier alpha value is -1.44. The van der Waals surface area contributed by atoms with E-state index in [0.29, 0.717) is 48.2 Å². The van der Waals surface area contributed by atoms with Gasteiger partial charge in [0, 0.05) is 12.1 Å². The molecule has 1 amide bonds. The molecule has 0 spiro atoms. The Morgan fingerprint density at radius 1 is 1.24 bits per heavy atom. The largest absolute Gasteiger partial charge is 0.404 e. The fraction of sp³-hybridized carbons (Fsp3) is 0.565. The molecule has 204 valence electrons. The maximum atomic E-state index is 12.9. The van der Waals surface area contributed by atoms with Gasteiger partial charge in [0.25, 0.3) is 5.91 Å². The van der Waals surface area contributed by atoms with Crippen molar-refractivity contribution >= 4 is 50.5 Å². The van der Waals surface area contributed by atoms with Crippen molar-refractivity contribution in [3.05, 3.63) is 32.9 Å². The number of benzene rings is 1. The number of carbonyl (C=O) groups is 1. The number of amides is 1. The van der Waals surface area contributed by atoms with Crippen LogP contribution in [0.2, 0.25) is 10.0 Å². The van der Waals surface area contributed by atoms with Gasteiger partial charge in [-0.2, -0.15) is 17.9 Å². The van der Waals surface area contributed by atoms with E-state index in [1.54, 1.807) is 4.72 Å². The SMILES string of the molecule is C[C@H](NS(=O)(=O)c1ccc(-c2sc(C(=O)NCC3(O)CCC3)nc2CC2CCC2)c(Cl)c1Cl)C(F)(F)F. The highest BCUT2D eigenvalue weighted by Gasteiger charge is 2.40. The van der Waals surface area contributed by atoms with Crippen LogP contribution in [0, 0.1) is 5.92 Å². The van der Waals surface area contributed by atoms with E-state index in [-0.39, 0.29) is 16.6 Å². The summed E-state index contributed by atoms with van der Waals surface area (Å²) in [7, 11) is -4.63. The number of nitrogens with zero attached hydrogens (tertiary/aromatic N) is 1. The maximum absolute atomic E-state index is 12.9. The molecule has 7 nitrogen and oxygen atoms in total. The normalized spacial score (nSPS) is 18.7. The van der Waals surface area contributed by atoms with Gasteiger partial charge in [-0.05, 0) is 44.6 Å². The minimum atomic E-state index is -4.78. The van der Waals surface area contributed by atoms with Crippen LogP contribution in [-0.2, 0) is 16.4 Å². The molecule has 4 rings (SSSR count). The van der Waals surface area contributed by atoms with Crippen LogP contribution in [-0.4, -0.2) is 48.8 Å². The minimum absolute atomic E-state index is 0.112. The molecule has 2 saturated carbocycles. The van der Waals surface area contributed by atoms with Crippen LogP contribution in [0.5, 0.6) is 0 Å². The lowest BCUT2D eigenvalue weighted by Crippen LogP contribution is -2.47. The second-order valence-electron chi connectivity index (χ2n) is 9.68. The number of thiazole rings is 1. The second-order valence-corrected chi connectivity index (χ2v) is 13.1. The number of nitrogens with one attached hydrogen (secondary N) is 2. The van der Waals surface area contributed by atoms with E-state index >= 15 is 0 Å². The highest BCUT2D eigenvalue weighted by atomic mass is 35.5. The van der Waals surface area contributed by atoms with Gasteiger partial charge < -0.3 is 10.4 Å². The fourth-order valence-electron chi connectivity index (χ4n) is 4.13. The summed E-state index contributed by atoms with van der Waals surface area (Å²) in [6, 6.07) is 0.118. The predicted molar refractivity (Wildman–Crippen MR) is 136 cm³/mol. The summed E-state index contributed by atoms with van der Waals surface area (Å²) in [5.41, 5.74) is 0.0397. The minimum Gasteiger partial charge on any atom is -0.388 e. The van der Waals surface area contributed by atoms with Crippen LogP contribution in [0.1, 0.15) is 60.9 Å². The van der Waals surface area contributed by atoms with Crippen molar-refractivity contribution < 1.29 is 31.5 Å². The molecular weight excluding hydrogens is 574 g/mol. The topological polar surface area (TPSA) is 108 Å². The summed E-state index contributed by atoms with van der Waals surface area (Å²) in [4.78, 5) is 17.3. The molecule has 14 heteroatoms. The third kappa shape index (κ3) is 6.25. The van der Waals surface area contributed by atoms with Gasteiger partial charge >= 0.3 is 6.18 Å². The highest BCUT2D eigenvalue weighted by Crippen LogP contribution is 2.43. The zero-order valence-corrected chi connectivity index (χ0v) is 22.9. The maximum Gasteiger partial charge on any atom is 0.404 e. The van der Waals surface area contributed by atoms with Crippen LogP contribution in [0.15, 0.2) is 17.0 Å². The third-order valence-electron chi connectivity index (χ3n) is 6.86. The van der Waals surface area contributed by atoms with Crippen LogP contribution in [0.4, 0.5) is 13.2 Å². The smallest absolute Gasteiger partial charge is 0.388 e. The molecule has 1 aromatic carbocycles. The molecule has 2 aliphatic carbocycles. The molecule has 1 aromatic heterocycles. The van der Waals surface area contributed by atoms with E-state index in [1.165, 1.54) is 6.07 Å². The summed E-state index contributed by atoms with van der Waals surface area (Å²) >= 11 is 13.8. The number of carbonyl (C=O) groups excluding carboxylic acids is 1. The number of aliphatic hydroxyl groups is 1. The first kappa shape index (κ1) is 28.6. The van der Waals surface area contributed by atoms with Crippen LogP contribution in [0.3, 0.4) is 0 Å². The first-order valence-corrected chi connectivity index (χ1v) is 14.8. The lowest BCUT2D eigenvalue weighted by molar-refractivity contribution is -0.147. The average Bonchev–Trinajstić information content (AvgIpc) is 3.17. The Labute approximate surface area is 226 Å². The molecule has 1 heterocycles. The summed E-state index contributed by atoms with van der Waals surface area (Å²) in [6.07, 6.45) is 1.05. The monoisotopic (exact) mass is 599 g/mol. The Morgan fingerprint density at radius 3 is 2.46 bits per heavy atom. The summed E-state index contributed by atoms with van der Waals surface area (Å²) < 4.78 is 65.5. The number of hydrogen-bond acceptors (Lipinski definition) is 6. The zero-order chi connectivity index (χ0) is 27.2. The van der Waals surface area contributed by atoms with Crippen molar-refractivity contribution in [3.8, 4) is 10.4 Å². The van der Waals surface area contributed by atoms with E-state index < -0.39 is 43.7 Å². The molecule has 37 heavy (non-hydrogen) atoms. The van der Waals surface area contributed by atoms with E-state index in [9.17, 15) is 31.5 Å². The average molecular weight is 601 g/mol. The van der Waals surface area contributed by atoms with E-state index in [0.717, 1.165) is 43.1 Å². The van der Waals surface area contributed by atoms with Gasteiger partial charge in [-0.1, -0.05) is 48.5 Å². The molecule has 3 N–H and O–H groups in total. The number of hydrogen-bond donors (Lipinski definition) is 3. The van der Waals surface area contributed by atoms with Gasteiger partial charge in [0.15, 0.2) is 5.01 Å². The predicted octanol–water partition coefficient (Wildman–Crippen LogP) is 5.33. The fourth-order valence-corrected chi connectivity index (χ4v) is 7.32. The number of rotatable bonds is 9. The molecule has 0 bridgehead atoms. The van der Waals surface area contributed by atoms with Crippen LogP contribution in [0.25, 0.3) is 10.4 Å². The van der Waals surface area contributed by atoms with Gasteiger partial charge in [-0.3, -0.25) is 4.79 Å². The molecule has 2 aromatic rings. The van der Waals surface area contributed by atoms with Gasteiger partial charge in [-0.15, -0.1) is 11.3 Å². The quantitative estimate of drug-likeness (QED) is 0.361. The Morgan fingerprint density at radius 2 is 1.92 bits per heavy atom. The Balaban J connectivity index is 1.65. The molecular formula is C23H26Cl2F3N3O4S2. The van der Waals surface area contributed by atoms with E-state index in [1.807, 2.05) is 0 Å². The van der Waals surface area contributed by atoms with E-state index in [2.05, 4.69) is 10.3 Å². The molecule has 0 radical (unpaired) electrons. The lowest BCUT2D eigenvalue weighted by atomic mass is 9.80. The number of aromatic nitrogens is 1. The van der Waals surface area contributed by atoms with Crippen molar-refractivity contribution in [2.75, 3.05) is 6.54 Å². The number of sulfonamides is 1. The summed E-state index contributed by atoms with van der Waals surface area (Å²) in [5.74, 6) is -0.0624. The molecule has 0 unspecified atom stereocenters. The number of halogens is 5. The molecule has 1 atom stereocenters. The molecule has 0 aliphatic heterocycles. The van der Waals surface area contributed by atoms with Gasteiger partial charge in [0.1, 0.15) is 10.9 Å². The van der Waals surface area contributed by atoms with E-state index in [4.69, 9.17) is 23.2 Å². The van der Waals surface area contributed by atoms with Crippen molar-refractivity contribution in [1.82, 2.24) is 15.0 Å². The Bertz CT molecular complexity index is 1290. The van der Waals surface area contributed by atoms with Crippen molar-refractivity contribution in [3.63, 3.8) is 0 Å². The third-order valence-corrected chi connectivity index (χ3v) is 10.6. The van der Waals surface area contributed by atoms with Crippen molar-refractivity contribution in [2.24, 2.45) is 5.92 Å². The van der Waals surface area contributed by atoms with Crippen molar-refractivity contribution in [1.29, 1.82) is 0 Å². The molecule has 2 aliphatic rings. The molecule has 2 fully saturated rings. The summed E-state index contributed by atoms with van der Waals surface area (Å²) in [6.45, 7) is 0.794. The number of alkyl halides is 3. The van der Waals surface area contributed by atoms with Crippen LogP contribution >= 0.6 is 34.5 Å². The summed E-state index contributed by atoms with van der Waals surface area (Å²) in [5, 5.41) is 12.6. The molecule has 0 saturated heterocycles. The highest BCUT2D eigenvalue weighted by molar-refractivity contribution is 7.89. The van der Waals surface area contributed by atoms with Crippen LogP contribution < -0.4 is 10.0 Å². The lowest BCUT2D eigenvalue weighted by Gasteiger charge is -2.36. The first-order chi connectivity index (χ1) is 17.2. The standard InChI is InChI=1S/C23H26Cl2F3N3O4S2/c1-12(23(26,27)28)31-37(34,35)16-7-6-14(17(24)18(16)25)19-15(10-13-4-2-5-13)30-21(36-19)20(32)29-11-22(33)8-3-9-22/h6-7,12-13,31,33H,2-5,8-11H2,1H3,(H,29,32)/t12-/m0/s1.